The Morgan fingerprint density at radius 3 is 2.69 bits per heavy atom. The first-order chi connectivity index (χ1) is 13.5. The number of nitrogens with zero attached hydrogens (tertiary/aromatic N) is 4. The maximum Gasteiger partial charge on any atom is 0.411 e. The van der Waals surface area contributed by atoms with Crippen LogP contribution >= 0.6 is 11.6 Å². The van der Waals surface area contributed by atoms with Crippen molar-refractivity contribution in [3.8, 4) is 0 Å². The summed E-state index contributed by atoms with van der Waals surface area (Å²) >= 11 is 6.04. The van der Waals surface area contributed by atoms with Crippen molar-refractivity contribution >= 4 is 34.4 Å². The van der Waals surface area contributed by atoms with Crippen LogP contribution in [0.2, 0.25) is 5.28 Å². The maximum absolute atomic E-state index is 14.3. The van der Waals surface area contributed by atoms with Gasteiger partial charge in [-0.05, 0) is 58.2 Å². The number of anilines is 1. The number of benzene rings is 1. The van der Waals surface area contributed by atoms with Gasteiger partial charge >= 0.3 is 6.09 Å². The standard InChI is InChI=1S/C20H23ClF2N4O2/c1-19(2,3)29-18(28)27-12-5-6-20(27,4)10-26(9-12)16-13-7-11(22)8-14(23)15(13)24-17(21)25-16/h7-8,12H,5-6,9-10H2,1-4H3/t12?,20-/m1/s1. The fraction of sp³-hybridized carbons (Fsp3) is 0.550. The number of carbonyl (C=O) groups is 1. The molecule has 9 heteroatoms. The van der Waals surface area contributed by atoms with Gasteiger partial charge in [0.1, 0.15) is 22.8 Å². The molecular formula is C20H23ClF2N4O2. The highest BCUT2D eigenvalue weighted by atomic mass is 35.5. The van der Waals surface area contributed by atoms with E-state index >= 15 is 0 Å². The molecule has 2 atom stereocenters. The predicted octanol–water partition coefficient (Wildman–Crippen LogP) is 4.54. The molecule has 4 rings (SSSR count). The van der Waals surface area contributed by atoms with Gasteiger partial charge in [-0.15, -0.1) is 0 Å². The van der Waals surface area contributed by atoms with E-state index in [1.54, 1.807) is 4.90 Å². The summed E-state index contributed by atoms with van der Waals surface area (Å²) in [6, 6.07) is 1.90. The average Bonchev–Trinajstić information content (AvgIpc) is 2.79. The predicted molar refractivity (Wildman–Crippen MR) is 106 cm³/mol. The first-order valence-corrected chi connectivity index (χ1v) is 9.94. The summed E-state index contributed by atoms with van der Waals surface area (Å²) in [4.78, 5) is 24.8. The van der Waals surface area contributed by atoms with Crippen molar-refractivity contribution in [3.63, 3.8) is 0 Å². The van der Waals surface area contributed by atoms with Crippen molar-refractivity contribution < 1.29 is 18.3 Å². The molecular weight excluding hydrogens is 402 g/mol. The second kappa shape index (κ2) is 6.65. The molecule has 156 valence electrons. The maximum atomic E-state index is 14.3. The quantitative estimate of drug-likeness (QED) is 0.629. The number of halogens is 3. The summed E-state index contributed by atoms with van der Waals surface area (Å²) in [5.74, 6) is -1.11. The fourth-order valence-electron chi connectivity index (χ4n) is 4.42. The zero-order valence-electron chi connectivity index (χ0n) is 16.8. The highest BCUT2D eigenvalue weighted by Gasteiger charge is 2.52. The zero-order chi connectivity index (χ0) is 21.1. The minimum Gasteiger partial charge on any atom is -0.444 e. The molecule has 29 heavy (non-hydrogen) atoms. The Morgan fingerprint density at radius 2 is 2.03 bits per heavy atom. The molecule has 0 N–H and O–H groups in total. The normalized spacial score (nSPS) is 24.3. The lowest BCUT2D eigenvalue weighted by Crippen LogP contribution is -2.63. The monoisotopic (exact) mass is 424 g/mol. The minimum absolute atomic E-state index is 0.0199. The molecule has 2 saturated heterocycles. The van der Waals surface area contributed by atoms with E-state index in [9.17, 15) is 13.6 Å². The van der Waals surface area contributed by atoms with Crippen LogP contribution in [0.1, 0.15) is 40.5 Å². The Labute approximate surface area is 172 Å². The molecule has 3 heterocycles. The topological polar surface area (TPSA) is 58.6 Å². The minimum atomic E-state index is -0.785. The van der Waals surface area contributed by atoms with Gasteiger partial charge in [-0.25, -0.2) is 18.6 Å². The van der Waals surface area contributed by atoms with Gasteiger partial charge < -0.3 is 9.64 Å². The number of carbonyl (C=O) groups excluding carboxylic acids is 1. The third-order valence-electron chi connectivity index (χ3n) is 5.49. The van der Waals surface area contributed by atoms with E-state index in [0.717, 1.165) is 18.9 Å². The van der Waals surface area contributed by atoms with Gasteiger partial charge in [0.05, 0.1) is 11.6 Å². The lowest BCUT2D eigenvalue weighted by atomic mass is 9.97. The lowest BCUT2D eigenvalue weighted by molar-refractivity contribution is -0.00278. The second-order valence-electron chi connectivity index (χ2n) is 9.02. The summed E-state index contributed by atoms with van der Waals surface area (Å²) < 4.78 is 33.8. The summed E-state index contributed by atoms with van der Waals surface area (Å²) in [6.07, 6.45) is 1.27. The number of aromatic nitrogens is 2. The lowest BCUT2D eigenvalue weighted by Gasteiger charge is -2.47. The number of rotatable bonds is 1. The Hall–Kier alpha value is -2.22. The number of piperazine rings is 1. The van der Waals surface area contributed by atoms with E-state index in [1.165, 1.54) is 6.07 Å². The van der Waals surface area contributed by atoms with Crippen LogP contribution in [0, 0.1) is 11.6 Å². The molecule has 1 amide bonds. The molecule has 0 aliphatic carbocycles. The van der Waals surface area contributed by atoms with Crippen LogP contribution in [0.4, 0.5) is 19.4 Å². The van der Waals surface area contributed by atoms with E-state index in [4.69, 9.17) is 16.3 Å². The summed E-state index contributed by atoms with van der Waals surface area (Å²) in [6.45, 7) is 8.42. The molecule has 2 aliphatic rings. The van der Waals surface area contributed by atoms with Crippen molar-refractivity contribution in [2.75, 3.05) is 18.0 Å². The van der Waals surface area contributed by atoms with Gasteiger partial charge in [0.2, 0.25) is 5.28 Å². The molecule has 0 saturated carbocycles. The van der Waals surface area contributed by atoms with Crippen LogP contribution in [0.25, 0.3) is 10.9 Å². The number of hydrogen-bond donors (Lipinski definition) is 0. The largest absolute Gasteiger partial charge is 0.444 e. The molecule has 1 aromatic heterocycles. The van der Waals surface area contributed by atoms with Crippen molar-refractivity contribution in [1.82, 2.24) is 14.9 Å². The van der Waals surface area contributed by atoms with E-state index in [-0.39, 0.29) is 28.3 Å². The van der Waals surface area contributed by atoms with E-state index < -0.39 is 22.8 Å². The average molecular weight is 425 g/mol. The van der Waals surface area contributed by atoms with Gasteiger partial charge in [0.15, 0.2) is 5.82 Å². The van der Waals surface area contributed by atoms with Crippen LogP contribution in [0.3, 0.4) is 0 Å². The van der Waals surface area contributed by atoms with Crippen molar-refractivity contribution in [1.29, 1.82) is 0 Å². The molecule has 1 unspecified atom stereocenters. The summed E-state index contributed by atoms with van der Waals surface area (Å²) in [5, 5.41) is 0.158. The first-order valence-electron chi connectivity index (χ1n) is 9.56. The third kappa shape index (κ3) is 3.58. The first kappa shape index (κ1) is 20.1. The number of amides is 1. The molecule has 2 aromatic rings. The summed E-state index contributed by atoms with van der Waals surface area (Å²) in [7, 11) is 0. The molecule has 0 spiro atoms. The number of fused-ring (bicyclic) bond motifs is 3. The van der Waals surface area contributed by atoms with Gasteiger partial charge in [0.25, 0.3) is 0 Å². The smallest absolute Gasteiger partial charge is 0.411 e. The Bertz CT molecular complexity index is 997. The molecule has 2 fully saturated rings. The van der Waals surface area contributed by atoms with Crippen LogP contribution in [0.5, 0.6) is 0 Å². The van der Waals surface area contributed by atoms with Gasteiger partial charge in [-0.3, -0.25) is 4.90 Å². The van der Waals surface area contributed by atoms with Crippen LogP contribution in [0.15, 0.2) is 12.1 Å². The zero-order valence-corrected chi connectivity index (χ0v) is 17.6. The highest BCUT2D eigenvalue weighted by Crippen LogP contribution is 2.42. The van der Waals surface area contributed by atoms with E-state index in [1.807, 2.05) is 32.6 Å². The van der Waals surface area contributed by atoms with Crippen molar-refractivity contribution in [2.45, 2.75) is 57.7 Å². The Balaban J connectivity index is 1.71. The van der Waals surface area contributed by atoms with Crippen molar-refractivity contribution in [2.24, 2.45) is 0 Å². The third-order valence-corrected chi connectivity index (χ3v) is 5.66. The van der Waals surface area contributed by atoms with Crippen LogP contribution in [-0.2, 0) is 4.74 Å². The molecule has 0 radical (unpaired) electrons. The van der Waals surface area contributed by atoms with Gasteiger partial charge in [-0.2, -0.15) is 4.98 Å². The molecule has 1 aromatic carbocycles. The van der Waals surface area contributed by atoms with Crippen molar-refractivity contribution in [3.05, 3.63) is 29.1 Å². The Morgan fingerprint density at radius 1 is 1.31 bits per heavy atom. The molecule has 6 nitrogen and oxygen atoms in total. The van der Waals surface area contributed by atoms with Crippen LogP contribution in [-0.4, -0.2) is 51.2 Å². The second-order valence-corrected chi connectivity index (χ2v) is 9.36. The van der Waals surface area contributed by atoms with Gasteiger partial charge in [0, 0.05) is 24.5 Å². The number of hydrogen-bond acceptors (Lipinski definition) is 5. The van der Waals surface area contributed by atoms with E-state index in [2.05, 4.69) is 9.97 Å². The summed E-state index contributed by atoms with van der Waals surface area (Å²) in [5.41, 5.74) is -1.09. The molecule has 2 aliphatic heterocycles. The Kier molecular flexibility index (Phi) is 4.60. The number of ether oxygens (including phenoxy) is 1. The molecule has 2 bridgehead atoms. The van der Waals surface area contributed by atoms with Crippen LogP contribution < -0.4 is 4.90 Å². The van der Waals surface area contributed by atoms with Gasteiger partial charge in [-0.1, -0.05) is 0 Å². The SMILES string of the molecule is CC(C)(C)OC(=O)N1C2CC[C@]1(C)CN(c1nc(Cl)nc3c(F)cc(F)cc13)C2. The van der Waals surface area contributed by atoms with E-state index in [0.29, 0.717) is 18.9 Å². The highest BCUT2D eigenvalue weighted by molar-refractivity contribution is 6.28. The fourth-order valence-corrected chi connectivity index (χ4v) is 4.59.